The number of hydrogen-bond donors (Lipinski definition) is 3. The van der Waals surface area contributed by atoms with Gasteiger partial charge in [0.25, 0.3) is 0 Å². The molecule has 3 N–H and O–H groups in total. The minimum absolute atomic E-state index is 0. The summed E-state index contributed by atoms with van der Waals surface area (Å²) in [5.74, 6) is 0.653. The average Bonchev–Trinajstić information content (AvgIpc) is 3.17. The van der Waals surface area contributed by atoms with Crippen molar-refractivity contribution in [2.45, 2.75) is 32.2 Å². The van der Waals surface area contributed by atoms with Gasteiger partial charge in [-0.2, -0.15) is 0 Å². The lowest BCUT2D eigenvalue weighted by molar-refractivity contribution is 0.629. The van der Waals surface area contributed by atoms with E-state index in [1.165, 1.54) is 17.7 Å². The van der Waals surface area contributed by atoms with E-state index in [-0.39, 0.29) is 29.8 Å². The summed E-state index contributed by atoms with van der Waals surface area (Å²) >= 11 is 0. The fourth-order valence-corrected chi connectivity index (χ4v) is 2.90. The van der Waals surface area contributed by atoms with E-state index in [2.05, 4.69) is 39.7 Å². The van der Waals surface area contributed by atoms with Crippen LogP contribution in [0.2, 0.25) is 0 Å². The van der Waals surface area contributed by atoms with Gasteiger partial charge in [0.05, 0.1) is 0 Å². The normalized spacial score (nSPS) is 14.8. The third-order valence-corrected chi connectivity index (χ3v) is 4.07. The second-order valence-corrected chi connectivity index (χ2v) is 5.80. The number of guanidine groups is 1. The largest absolute Gasteiger partial charge is 0.361 e. The molecule has 1 aromatic heterocycles. The third kappa shape index (κ3) is 4.72. The van der Waals surface area contributed by atoms with Crippen LogP contribution in [0.4, 0.5) is 4.39 Å². The molecule has 0 saturated heterocycles. The molecule has 0 bridgehead atoms. The molecule has 1 aliphatic rings. The molecule has 2 aromatic rings. The standard InChI is InChI=1S/C18H23FN4.HI/c1-2-20-18(23-15-5-3-4-6-15)21-10-9-13-12-22-17-11-14(19)7-8-16(13)17;/h3-4,7-8,11-12,15,22H,2,5-6,9-10H2,1H3,(H2,20,21,23);1H. The van der Waals surface area contributed by atoms with E-state index in [4.69, 9.17) is 0 Å². The predicted molar refractivity (Wildman–Crippen MR) is 109 cm³/mol. The summed E-state index contributed by atoms with van der Waals surface area (Å²) < 4.78 is 13.2. The van der Waals surface area contributed by atoms with Crippen molar-refractivity contribution >= 4 is 40.8 Å². The number of nitrogens with zero attached hydrogens (tertiary/aromatic N) is 1. The molecule has 4 nitrogen and oxygen atoms in total. The van der Waals surface area contributed by atoms with Crippen LogP contribution in [-0.2, 0) is 6.42 Å². The number of benzene rings is 1. The van der Waals surface area contributed by atoms with Gasteiger partial charge in [0.2, 0.25) is 0 Å². The molecule has 1 aromatic carbocycles. The number of aromatic amines is 1. The van der Waals surface area contributed by atoms with Crippen molar-refractivity contribution in [1.82, 2.24) is 15.6 Å². The van der Waals surface area contributed by atoms with Crippen LogP contribution in [0.5, 0.6) is 0 Å². The van der Waals surface area contributed by atoms with Crippen LogP contribution in [0.15, 0.2) is 41.5 Å². The minimum Gasteiger partial charge on any atom is -0.361 e. The molecule has 0 aliphatic heterocycles. The molecule has 24 heavy (non-hydrogen) atoms. The van der Waals surface area contributed by atoms with Crippen LogP contribution in [0, 0.1) is 5.82 Å². The van der Waals surface area contributed by atoms with Gasteiger partial charge < -0.3 is 15.6 Å². The van der Waals surface area contributed by atoms with Crippen LogP contribution in [0.1, 0.15) is 25.3 Å². The lowest BCUT2D eigenvalue weighted by atomic mass is 10.1. The Kier molecular flexibility index (Phi) is 7.08. The van der Waals surface area contributed by atoms with Gasteiger partial charge in [-0.15, -0.1) is 24.0 Å². The molecule has 1 aliphatic carbocycles. The van der Waals surface area contributed by atoms with E-state index in [1.54, 1.807) is 0 Å². The maximum Gasteiger partial charge on any atom is 0.191 e. The summed E-state index contributed by atoms with van der Waals surface area (Å²) in [6.07, 6.45) is 9.28. The highest BCUT2D eigenvalue weighted by Crippen LogP contribution is 2.19. The molecule has 0 atom stereocenters. The first-order valence-electron chi connectivity index (χ1n) is 8.21. The van der Waals surface area contributed by atoms with Crippen molar-refractivity contribution in [3.63, 3.8) is 0 Å². The number of nitrogens with one attached hydrogen (secondary N) is 3. The molecule has 0 unspecified atom stereocenters. The van der Waals surface area contributed by atoms with Crippen LogP contribution in [0.3, 0.4) is 0 Å². The van der Waals surface area contributed by atoms with Crippen molar-refractivity contribution < 1.29 is 4.39 Å². The summed E-state index contributed by atoms with van der Waals surface area (Å²) in [5.41, 5.74) is 2.01. The smallest absolute Gasteiger partial charge is 0.191 e. The Morgan fingerprint density at radius 3 is 2.88 bits per heavy atom. The van der Waals surface area contributed by atoms with Crippen molar-refractivity contribution in [3.05, 3.63) is 47.9 Å². The average molecular weight is 442 g/mol. The molecule has 0 fully saturated rings. The van der Waals surface area contributed by atoms with Crippen molar-refractivity contribution in [1.29, 1.82) is 0 Å². The molecular weight excluding hydrogens is 418 g/mol. The van der Waals surface area contributed by atoms with E-state index in [9.17, 15) is 4.39 Å². The summed E-state index contributed by atoms with van der Waals surface area (Å²) in [6.45, 7) is 3.61. The predicted octanol–water partition coefficient (Wildman–Crippen LogP) is 3.74. The van der Waals surface area contributed by atoms with Gasteiger partial charge in [-0.1, -0.05) is 12.2 Å². The summed E-state index contributed by atoms with van der Waals surface area (Å²) in [7, 11) is 0. The highest BCUT2D eigenvalue weighted by molar-refractivity contribution is 14.0. The van der Waals surface area contributed by atoms with Crippen LogP contribution < -0.4 is 10.6 Å². The van der Waals surface area contributed by atoms with Gasteiger partial charge in [0.15, 0.2) is 5.96 Å². The SMILES string of the molecule is CCNC(=NCCc1c[nH]c2cc(F)ccc12)NC1CC=CC1.I. The quantitative estimate of drug-likeness (QED) is 0.286. The summed E-state index contributed by atoms with van der Waals surface area (Å²) in [4.78, 5) is 7.78. The topological polar surface area (TPSA) is 52.2 Å². The second kappa shape index (κ2) is 9.05. The zero-order valence-corrected chi connectivity index (χ0v) is 16.1. The minimum atomic E-state index is -0.215. The zero-order valence-electron chi connectivity index (χ0n) is 13.8. The molecule has 0 radical (unpaired) electrons. The van der Waals surface area contributed by atoms with Crippen LogP contribution >= 0.6 is 24.0 Å². The maximum atomic E-state index is 13.2. The van der Waals surface area contributed by atoms with Gasteiger partial charge in [-0.05, 0) is 49.9 Å². The van der Waals surface area contributed by atoms with E-state index < -0.39 is 0 Å². The van der Waals surface area contributed by atoms with E-state index >= 15 is 0 Å². The van der Waals surface area contributed by atoms with Crippen molar-refractivity contribution in [2.24, 2.45) is 4.99 Å². The van der Waals surface area contributed by atoms with Crippen molar-refractivity contribution in [3.8, 4) is 0 Å². The molecule has 3 rings (SSSR count). The number of aliphatic imine (C=N–C) groups is 1. The Balaban J connectivity index is 0.00000208. The maximum absolute atomic E-state index is 13.2. The van der Waals surface area contributed by atoms with E-state index in [0.717, 1.165) is 42.7 Å². The van der Waals surface area contributed by atoms with Crippen LogP contribution in [-0.4, -0.2) is 30.1 Å². The summed E-state index contributed by atoms with van der Waals surface area (Å²) in [5, 5.41) is 7.82. The van der Waals surface area contributed by atoms with Gasteiger partial charge in [0, 0.05) is 36.2 Å². The second-order valence-electron chi connectivity index (χ2n) is 5.80. The number of fused-ring (bicyclic) bond motifs is 1. The Morgan fingerprint density at radius 1 is 1.33 bits per heavy atom. The third-order valence-electron chi connectivity index (χ3n) is 4.07. The zero-order chi connectivity index (χ0) is 16.1. The first-order chi connectivity index (χ1) is 11.3. The van der Waals surface area contributed by atoms with Gasteiger partial charge >= 0.3 is 0 Å². The van der Waals surface area contributed by atoms with Crippen LogP contribution in [0.25, 0.3) is 10.9 Å². The van der Waals surface area contributed by atoms with E-state index in [1.807, 2.05) is 12.3 Å². The highest BCUT2D eigenvalue weighted by Gasteiger charge is 2.11. The molecule has 1 heterocycles. The number of halogens is 2. The number of aromatic nitrogens is 1. The molecular formula is C18H24FIN4. The monoisotopic (exact) mass is 442 g/mol. The number of H-pyrrole nitrogens is 1. The molecule has 130 valence electrons. The molecule has 6 heteroatoms. The highest BCUT2D eigenvalue weighted by atomic mass is 127. The van der Waals surface area contributed by atoms with Crippen molar-refractivity contribution in [2.75, 3.05) is 13.1 Å². The molecule has 0 saturated carbocycles. The first kappa shape index (κ1) is 18.8. The Hall–Kier alpha value is -1.57. The molecule has 0 spiro atoms. The van der Waals surface area contributed by atoms with Gasteiger partial charge in [-0.3, -0.25) is 4.99 Å². The first-order valence-corrected chi connectivity index (χ1v) is 8.21. The lowest BCUT2D eigenvalue weighted by Crippen LogP contribution is -2.42. The van der Waals surface area contributed by atoms with E-state index in [0.29, 0.717) is 12.6 Å². The van der Waals surface area contributed by atoms with Gasteiger partial charge in [-0.25, -0.2) is 4.39 Å². The lowest BCUT2D eigenvalue weighted by Gasteiger charge is -2.16. The Labute approximate surface area is 159 Å². The fourth-order valence-electron chi connectivity index (χ4n) is 2.90. The summed E-state index contributed by atoms with van der Waals surface area (Å²) in [6, 6.07) is 5.31. The Bertz CT molecular complexity index is 715. The molecule has 0 amide bonds. The fraction of sp³-hybridized carbons (Fsp3) is 0.389. The Morgan fingerprint density at radius 2 is 2.12 bits per heavy atom. The number of hydrogen-bond acceptors (Lipinski definition) is 1. The van der Waals surface area contributed by atoms with Gasteiger partial charge in [0.1, 0.15) is 5.82 Å². The number of rotatable bonds is 5.